The Morgan fingerprint density at radius 1 is 1.25 bits per heavy atom. The third-order valence-electron chi connectivity index (χ3n) is 1.45. The number of aromatic nitrogens is 3. The van der Waals surface area contributed by atoms with Crippen LogP contribution in [-0.2, 0) is 0 Å². The van der Waals surface area contributed by atoms with Crippen molar-refractivity contribution >= 4 is 15.9 Å². The number of H-pyrrole nitrogens is 1. The number of aromatic amines is 1. The van der Waals surface area contributed by atoms with Crippen LogP contribution in [0.1, 0.15) is 0 Å². The molecule has 3 nitrogen and oxygen atoms in total. The molecule has 12 heavy (non-hydrogen) atoms. The van der Waals surface area contributed by atoms with E-state index in [1.807, 2.05) is 18.2 Å². The molecule has 0 radical (unpaired) electrons. The van der Waals surface area contributed by atoms with Crippen LogP contribution in [0.15, 0.2) is 35.2 Å². The van der Waals surface area contributed by atoms with E-state index in [2.05, 4.69) is 30.9 Å². The normalized spacial score (nSPS) is 10.1. The van der Waals surface area contributed by atoms with Gasteiger partial charge in [-0.3, -0.25) is 4.98 Å². The van der Waals surface area contributed by atoms with Crippen molar-refractivity contribution in [2.24, 2.45) is 0 Å². The van der Waals surface area contributed by atoms with Gasteiger partial charge in [-0.15, -0.1) is 0 Å². The first-order valence-corrected chi connectivity index (χ1v) is 4.27. The SMILES string of the molecule is Brc1cnc(-c2ccccn2)[nH]1. The fraction of sp³-hybridized carbons (Fsp3) is 0. The largest absolute Gasteiger partial charge is 0.331 e. The second kappa shape index (κ2) is 3.06. The van der Waals surface area contributed by atoms with Crippen molar-refractivity contribution < 1.29 is 0 Å². The molecule has 4 heteroatoms. The van der Waals surface area contributed by atoms with Crippen LogP contribution >= 0.6 is 15.9 Å². The number of pyridine rings is 1. The summed E-state index contributed by atoms with van der Waals surface area (Å²) in [5.41, 5.74) is 0.850. The number of rotatable bonds is 1. The third-order valence-corrected chi connectivity index (χ3v) is 1.86. The highest BCUT2D eigenvalue weighted by molar-refractivity contribution is 9.10. The number of hydrogen-bond acceptors (Lipinski definition) is 2. The fourth-order valence-corrected chi connectivity index (χ4v) is 1.22. The van der Waals surface area contributed by atoms with Crippen molar-refractivity contribution in [2.75, 3.05) is 0 Å². The molecule has 2 heterocycles. The van der Waals surface area contributed by atoms with Gasteiger partial charge in [-0.1, -0.05) is 6.07 Å². The number of imidazole rings is 1. The Bertz CT molecular complexity index is 369. The van der Waals surface area contributed by atoms with Gasteiger partial charge in [0.05, 0.1) is 6.20 Å². The predicted molar refractivity (Wildman–Crippen MR) is 49.5 cm³/mol. The Labute approximate surface area is 78.0 Å². The lowest BCUT2D eigenvalue weighted by atomic mass is 10.3. The first-order chi connectivity index (χ1) is 5.86. The lowest BCUT2D eigenvalue weighted by molar-refractivity contribution is 1.22. The van der Waals surface area contributed by atoms with Crippen LogP contribution in [0.2, 0.25) is 0 Å². The van der Waals surface area contributed by atoms with Gasteiger partial charge in [0.2, 0.25) is 0 Å². The lowest BCUT2D eigenvalue weighted by Crippen LogP contribution is -1.82. The quantitative estimate of drug-likeness (QED) is 0.806. The summed E-state index contributed by atoms with van der Waals surface area (Å²) >= 11 is 3.28. The molecule has 0 aliphatic carbocycles. The van der Waals surface area contributed by atoms with E-state index in [9.17, 15) is 0 Å². The molecule has 60 valence electrons. The summed E-state index contributed by atoms with van der Waals surface area (Å²) in [4.78, 5) is 11.3. The molecule has 0 spiro atoms. The number of hydrogen-bond donors (Lipinski definition) is 1. The topological polar surface area (TPSA) is 41.6 Å². The van der Waals surface area contributed by atoms with E-state index >= 15 is 0 Å². The van der Waals surface area contributed by atoms with Crippen LogP contribution in [-0.4, -0.2) is 15.0 Å². The smallest absolute Gasteiger partial charge is 0.156 e. The summed E-state index contributed by atoms with van der Waals surface area (Å²) in [6.45, 7) is 0. The molecule has 0 unspecified atom stereocenters. The Balaban J connectivity index is 2.45. The summed E-state index contributed by atoms with van der Waals surface area (Å²) < 4.78 is 0.864. The van der Waals surface area contributed by atoms with Gasteiger partial charge in [0.1, 0.15) is 10.3 Å². The highest BCUT2D eigenvalue weighted by Gasteiger charge is 2.00. The predicted octanol–water partition coefficient (Wildman–Crippen LogP) is 2.23. The minimum Gasteiger partial charge on any atom is -0.331 e. The van der Waals surface area contributed by atoms with Gasteiger partial charge < -0.3 is 4.98 Å². The van der Waals surface area contributed by atoms with Crippen molar-refractivity contribution in [3.05, 3.63) is 35.2 Å². The van der Waals surface area contributed by atoms with E-state index in [0.29, 0.717) is 0 Å². The maximum atomic E-state index is 4.15. The molecule has 1 N–H and O–H groups in total. The second-order valence-electron chi connectivity index (χ2n) is 2.29. The molecule has 2 aromatic heterocycles. The van der Waals surface area contributed by atoms with E-state index in [0.717, 1.165) is 16.1 Å². The molecule has 0 aromatic carbocycles. The first-order valence-electron chi connectivity index (χ1n) is 3.48. The second-order valence-corrected chi connectivity index (χ2v) is 3.15. The van der Waals surface area contributed by atoms with Crippen LogP contribution in [0.25, 0.3) is 11.5 Å². The molecule has 0 atom stereocenters. The van der Waals surface area contributed by atoms with Gasteiger partial charge in [-0.05, 0) is 28.1 Å². The van der Waals surface area contributed by atoms with Crippen LogP contribution in [0.5, 0.6) is 0 Å². The summed E-state index contributed by atoms with van der Waals surface area (Å²) in [7, 11) is 0. The minimum absolute atomic E-state index is 0.780. The Hall–Kier alpha value is -1.16. The zero-order chi connectivity index (χ0) is 8.39. The first kappa shape index (κ1) is 7.49. The molecule has 0 aliphatic rings. The van der Waals surface area contributed by atoms with Gasteiger partial charge in [-0.25, -0.2) is 4.98 Å². The molecule has 0 aliphatic heterocycles. The Morgan fingerprint density at radius 2 is 2.17 bits per heavy atom. The van der Waals surface area contributed by atoms with Crippen LogP contribution in [0.3, 0.4) is 0 Å². The van der Waals surface area contributed by atoms with Crippen LogP contribution in [0, 0.1) is 0 Å². The Morgan fingerprint density at radius 3 is 2.75 bits per heavy atom. The number of nitrogens with one attached hydrogen (secondary N) is 1. The maximum Gasteiger partial charge on any atom is 0.156 e. The molecule has 0 saturated heterocycles. The standard InChI is InChI=1S/C8H6BrN3/c9-7-5-11-8(12-7)6-3-1-2-4-10-6/h1-5H,(H,11,12). The van der Waals surface area contributed by atoms with Crippen molar-refractivity contribution in [1.82, 2.24) is 15.0 Å². The average molecular weight is 224 g/mol. The third kappa shape index (κ3) is 1.38. The lowest BCUT2D eigenvalue weighted by Gasteiger charge is -1.92. The summed E-state index contributed by atoms with van der Waals surface area (Å²) in [6.07, 6.45) is 3.45. The molecule has 2 rings (SSSR count). The molecule has 0 amide bonds. The minimum atomic E-state index is 0.780. The van der Waals surface area contributed by atoms with E-state index in [4.69, 9.17) is 0 Å². The van der Waals surface area contributed by atoms with Gasteiger partial charge in [0, 0.05) is 6.20 Å². The molecule has 2 aromatic rings. The number of nitrogens with zero attached hydrogens (tertiary/aromatic N) is 2. The highest BCUT2D eigenvalue weighted by Crippen LogP contribution is 2.14. The summed E-state index contributed by atoms with van der Waals surface area (Å²) in [6, 6.07) is 5.71. The van der Waals surface area contributed by atoms with E-state index < -0.39 is 0 Å². The van der Waals surface area contributed by atoms with Crippen LogP contribution < -0.4 is 0 Å². The molecular weight excluding hydrogens is 218 g/mol. The van der Waals surface area contributed by atoms with Gasteiger partial charge in [0.25, 0.3) is 0 Å². The van der Waals surface area contributed by atoms with Crippen molar-refractivity contribution in [2.45, 2.75) is 0 Å². The average Bonchev–Trinajstić information content (AvgIpc) is 2.54. The van der Waals surface area contributed by atoms with Crippen molar-refractivity contribution in [3.63, 3.8) is 0 Å². The Kier molecular flexibility index (Phi) is 1.91. The van der Waals surface area contributed by atoms with Crippen molar-refractivity contribution in [3.8, 4) is 11.5 Å². The molecule has 0 saturated carbocycles. The highest BCUT2D eigenvalue weighted by atomic mass is 79.9. The van der Waals surface area contributed by atoms with Crippen molar-refractivity contribution in [1.29, 1.82) is 0 Å². The van der Waals surface area contributed by atoms with E-state index in [1.54, 1.807) is 12.4 Å². The molecule has 0 fully saturated rings. The molecular formula is C8H6BrN3. The zero-order valence-electron chi connectivity index (χ0n) is 6.16. The fourth-order valence-electron chi connectivity index (χ4n) is 0.932. The summed E-state index contributed by atoms with van der Waals surface area (Å²) in [5, 5.41) is 0. The van der Waals surface area contributed by atoms with E-state index in [1.165, 1.54) is 0 Å². The molecule has 0 bridgehead atoms. The zero-order valence-corrected chi connectivity index (χ0v) is 7.75. The van der Waals surface area contributed by atoms with Gasteiger partial charge in [-0.2, -0.15) is 0 Å². The maximum absolute atomic E-state index is 4.15. The van der Waals surface area contributed by atoms with Crippen LogP contribution in [0.4, 0.5) is 0 Å². The van der Waals surface area contributed by atoms with Gasteiger partial charge in [0.15, 0.2) is 5.82 Å². The number of halogens is 1. The van der Waals surface area contributed by atoms with Gasteiger partial charge >= 0.3 is 0 Å². The van der Waals surface area contributed by atoms with E-state index in [-0.39, 0.29) is 0 Å². The monoisotopic (exact) mass is 223 g/mol. The summed E-state index contributed by atoms with van der Waals surface area (Å²) in [5.74, 6) is 0.780.